The van der Waals surface area contributed by atoms with Gasteiger partial charge in [-0.3, -0.25) is 9.59 Å². The lowest BCUT2D eigenvalue weighted by Crippen LogP contribution is -2.42. The van der Waals surface area contributed by atoms with Crippen LogP contribution in [0.15, 0.2) is 17.5 Å². The second kappa shape index (κ2) is 6.24. The van der Waals surface area contributed by atoms with Crippen molar-refractivity contribution in [1.29, 1.82) is 0 Å². The molecule has 1 aliphatic carbocycles. The van der Waals surface area contributed by atoms with Gasteiger partial charge in [-0.2, -0.15) is 0 Å². The molecule has 0 aromatic carbocycles. The SMILES string of the molecule is NC(=O)C1CCN(C(=O)c2cc3sccc3n2C2CCCC2)CC1. The van der Waals surface area contributed by atoms with Crippen molar-refractivity contribution >= 4 is 33.4 Å². The molecule has 6 heteroatoms. The van der Waals surface area contributed by atoms with Gasteiger partial charge in [-0.1, -0.05) is 12.8 Å². The van der Waals surface area contributed by atoms with Crippen molar-refractivity contribution in [2.75, 3.05) is 13.1 Å². The molecule has 3 heterocycles. The van der Waals surface area contributed by atoms with Crippen molar-refractivity contribution in [1.82, 2.24) is 9.47 Å². The van der Waals surface area contributed by atoms with Crippen molar-refractivity contribution in [3.8, 4) is 0 Å². The van der Waals surface area contributed by atoms with Crippen molar-refractivity contribution in [3.05, 3.63) is 23.2 Å². The molecule has 128 valence electrons. The number of nitrogens with two attached hydrogens (primary N) is 1. The normalized spacial score (nSPS) is 20.1. The van der Waals surface area contributed by atoms with Crippen molar-refractivity contribution < 1.29 is 9.59 Å². The highest BCUT2D eigenvalue weighted by Gasteiger charge is 2.30. The number of thiophene rings is 1. The first-order valence-corrected chi connectivity index (χ1v) is 9.70. The minimum Gasteiger partial charge on any atom is -0.369 e. The summed E-state index contributed by atoms with van der Waals surface area (Å²) in [4.78, 5) is 26.3. The van der Waals surface area contributed by atoms with E-state index < -0.39 is 0 Å². The van der Waals surface area contributed by atoms with Crippen LogP contribution in [-0.4, -0.2) is 34.4 Å². The summed E-state index contributed by atoms with van der Waals surface area (Å²) < 4.78 is 3.47. The van der Waals surface area contributed by atoms with Gasteiger partial charge in [0, 0.05) is 25.0 Å². The highest BCUT2D eigenvalue weighted by atomic mass is 32.1. The first-order chi connectivity index (χ1) is 11.6. The molecule has 2 aliphatic rings. The minimum absolute atomic E-state index is 0.0841. The largest absolute Gasteiger partial charge is 0.369 e. The third kappa shape index (κ3) is 2.62. The van der Waals surface area contributed by atoms with E-state index in [4.69, 9.17) is 5.73 Å². The molecule has 2 amide bonds. The number of rotatable bonds is 3. The second-order valence-corrected chi connectivity index (χ2v) is 7.92. The number of aromatic nitrogens is 1. The standard InChI is InChI=1S/C18H23N3O2S/c19-17(22)12-5-8-20(9-6-12)18(23)15-11-16-14(7-10-24-16)21(15)13-3-1-2-4-13/h7,10-13H,1-6,8-9H2,(H2,19,22). The number of nitrogens with zero attached hydrogens (tertiary/aromatic N) is 2. The van der Waals surface area contributed by atoms with E-state index in [1.807, 2.05) is 4.90 Å². The molecule has 0 radical (unpaired) electrons. The first-order valence-electron chi connectivity index (χ1n) is 8.82. The lowest BCUT2D eigenvalue weighted by molar-refractivity contribution is -0.123. The smallest absolute Gasteiger partial charge is 0.270 e. The number of primary amides is 1. The molecule has 2 aromatic heterocycles. The summed E-state index contributed by atoms with van der Waals surface area (Å²) in [7, 11) is 0. The molecule has 24 heavy (non-hydrogen) atoms. The molecule has 5 nitrogen and oxygen atoms in total. The van der Waals surface area contributed by atoms with Gasteiger partial charge in [0.2, 0.25) is 5.91 Å². The van der Waals surface area contributed by atoms with Gasteiger partial charge >= 0.3 is 0 Å². The quantitative estimate of drug-likeness (QED) is 0.928. The third-order valence-electron chi connectivity index (χ3n) is 5.55. The predicted octanol–water partition coefficient (Wildman–Crippen LogP) is 3.16. The fourth-order valence-corrected chi connectivity index (χ4v) is 5.00. The maximum Gasteiger partial charge on any atom is 0.270 e. The maximum absolute atomic E-state index is 13.1. The Kier molecular flexibility index (Phi) is 4.08. The summed E-state index contributed by atoms with van der Waals surface area (Å²) in [5.74, 6) is -0.218. The number of hydrogen-bond donors (Lipinski definition) is 1. The molecule has 0 bridgehead atoms. The Hall–Kier alpha value is -1.82. The Bertz CT molecular complexity index is 764. The Morgan fingerprint density at radius 2 is 1.83 bits per heavy atom. The lowest BCUT2D eigenvalue weighted by atomic mass is 9.96. The average Bonchev–Trinajstić information content (AvgIpc) is 3.30. The van der Waals surface area contributed by atoms with Crippen molar-refractivity contribution in [3.63, 3.8) is 0 Å². The van der Waals surface area contributed by atoms with E-state index in [0.29, 0.717) is 32.0 Å². The number of fused-ring (bicyclic) bond motifs is 1. The van der Waals surface area contributed by atoms with Crippen LogP contribution in [0.4, 0.5) is 0 Å². The van der Waals surface area contributed by atoms with E-state index in [2.05, 4.69) is 22.1 Å². The van der Waals surface area contributed by atoms with Crippen LogP contribution in [0.3, 0.4) is 0 Å². The molecule has 4 rings (SSSR count). The number of piperidine rings is 1. The van der Waals surface area contributed by atoms with Gasteiger partial charge in [-0.05, 0) is 43.2 Å². The number of hydrogen-bond acceptors (Lipinski definition) is 3. The molecular weight excluding hydrogens is 322 g/mol. The fourth-order valence-electron chi connectivity index (χ4n) is 4.19. The van der Waals surface area contributed by atoms with Crippen molar-refractivity contribution in [2.24, 2.45) is 11.7 Å². The zero-order valence-electron chi connectivity index (χ0n) is 13.7. The van der Waals surface area contributed by atoms with Crippen LogP contribution in [0.1, 0.15) is 55.1 Å². The van der Waals surface area contributed by atoms with E-state index in [9.17, 15) is 9.59 Å². The molecule has 1 aliphatic heterocycles. The van der Waals surface area contributed by atoms with Crippen LogP contribution < -0.4 is 5.73 Å². The Morgan fingerprint density at radius 3 is 2.50 bits per heavy atom. The van der Waals surface area contributed by atoms with Crippen LogP contribution in [-0.2, 0) is 4.79 Å². The van der Waals surface area contributed by atoms with E-state index in [1.165, 1.54) is 23.1 Å². The zero-order chi connectivity index (χ0) is 16.7. The third-order valence-corrected chi connectivity index (χ3v) is 6.41. The molecule has 0 unspecified atom stereocenters. The molecule has 1 saturated heterocycles. The monoisotopic (exact) mass is 345 g/mol. The first kappa shape index (κ1) is 15.7. The summed E-state index contributed by atoms with van der Waals surface area (Å²) in [6, 6.07) is 4.63. The van der Waals surface area contributed by atoms with Crippen LogP contribution >= 0.6 is 11.3 Å². The summed E-state index contributed by atoms with van der Waals surface area (Å²) in [6.07, 6.45) is 6.16. The van der Waals surface area contributed by atoms with E-state index in [-0.39, 0.29) is 17.7 Å². The summed E-state index contributed by atoms with van der Waals surface area (Å²) in [6.45, 7) is 1.24. The fraction of sp³-hybridized carbons (Fsp3) is 0.556. The Balaban J connectivity index is 1.61. The number of carbonyl (C=O) groups excluding carboxylic acids is 2. The van der Waals surface area contributed by atoms with Crippen LogP contribution in [0.2, 0.25) is 0 Å². The van der Waals surface area contributed by atoms with E-state index in [1.54, 1.807) is 11.3 Å². The van der Waals surface area contributed by atoms with Gasteiger partial charge in [0.1, 0.15) is 5.69 Å². The van der Waals surface area contributed by atoms with Crippen molar-refractivity contribution in [2.45, 2.75) is 44.6 Å². The highest BCUT2D eigenvalue weighted by molar-refractivity contribution is 7.17. The molecule has 2 fully saturated rings. The van der Waals surface area contributed by atoms with Crippen LogP contribution in [0.25, 0.3) is 10.2 Å². The van der Waals surface area contributed by atoms with Gasteiger partial charge < -0.3 is 15.2 Å². The van der Waals surface area contributed by atoms with Gasteiger partial charge in [0.25, 0.3) is 5.91 Å². The minimum atomic E-state index is -0.239. The molecule has 1 saturated carbocycles. The lowest BCUT2D eigenvalue weighted by Gasteiger charge is -2.31. The van der Waals surface area contributed by atoms with Gasteiger partial charge in [0.15, 0.2) is 0 Å². The maximum atomic E-state index is 13.1. The summed E-state index contributed by atoms with van der Waals surface area (Å²) in [5, 5.41) is 2.10. The van der Waals surface area contributed by atoms with E-state index in [0.717, 1.165) is 18.5 Å². The Morgan fingerprint density at radius 1 is 1.12 bits per heavy atom. The molecule has 0 spiro atoms. The van der Waals surface area contributed by atoms with Gasteiger partial charge in [0.05, 0.1) is 10.2 Å². The number of carbonyl (C=O) groups is 2. The summed E-state index contributed by atoms with van der Waals surface area (Å²) >= 11 is 1.70. The Labute approximate surface area is 145 Å². The molecule has 2 aromatic rings. The topological polar surface area (TPSA) is 68.3 Å². The zero-order valence-corrected chi connectivity index (χ0v) is 14.6. The van der Waals surface area contributed by atoms with Gasteiger partial charge in [-0.15, -0.1) is 11.3 Å². The highest BCUT2D eigenvalue weighted by Crippen LogP contribution is 2.37. The predicted molar refractivity (Wildman–Crippen MR) is 95.1 cm³/mol. The van der Waals surface area contributed by atoms with Gasteiger partial charge in [-0.25, -0.2) is 0 Å². The van der Waals surface area contributed by atoms with Crippen LogP contribution in [0.5, 0.6) is 0 Å². The van der Waals surface area contributed by atoms with Crippen LogP contribution in [0, 0.1) is 5.92 Å². The molecular formula is C18H23N3O2S. The molecule has 2 N–H and O–H groups in total. The molecule has 0 atom stereocenters. The van der Waals surface area contributed by atoms with E-state index >= 15 is 0 Å². The second-order valence-electron chi connectivity index (χ2n) is 6.98. The summed E-state index contributed by atoms with van der Waals surface area (Å²) in [5.41, 5.74) is 7.42. The average molecular weight is 345 g/mol. The number of likely N-dealkylation sites (tertiary alicyclic amines) is 1. The number of amides is 2.